The quantitative estimate of drug-likeness (QED) is 0.862. The van der Waals surface area contributed by atoms with E-state index < -0.39 is 18.1 Å². The number of hydrogen-bond donors (Lipinski definition) is 1. The fraction of sp³-hybridized carbons (Fsp3) is 0.562. The van der Waals surface area contributed by atoms with Crippen LogP contribution in [0.15, 0.2) is 30.3 Å². The lowest BCUT2D eigenvalue weighted by Crippen LogP contribution is -2.44. The minimum absolute atomic E-state index is 0. The lowest BCUT2D eigenvalue weighted by molar-refractivity contribution is -0.156. The molecule has 0 aromatic heterocycles. The van der Waals surface area contributed by atoms with E-state index in [1.807, 2.05) is 44.2 Å². The van der Waals surface area contributed by atoms with E-state index in [4.69, 9.17) is 19.9 Å². The van der Waals surface area contributed by atoms with E-state index in [-0.39, 0.29) is 24.6 Å². The van der Waals surface area contributed by atoms with Gasteiger partial charge in [0.15, 0.2) is 6.10 Å². The van der Waals surface area contributed by atoms with Crippen molar-refractivity contribution in [1.82, 2.24) is 0 Å². The van der Waals surface area contributed by atoms with Gasteiger partial charge in [-0.1, -0.05) is 25.1 Å². The second-order valence-electron chi connectivity index (χ2n) is 5.25. The van der Waals surface area contributed by atoms with Crippen molar-refractivity contribution in [2.45, 2.75) is 51.0 Å². The molecule has 124 valence electrons. The minimum atomic E-state index is -0.638. The van der Waals surface area contributed by atoms with E-state index >= 15 is 0 Å². The first-order valence-electron chi connectivity index (χ1n) is 7.41. The number of halogens is 1. The van der Waals surface area contributed by atoms with Gasteiger partial charge in [-0.3, -0.25) is 4.79 Å². The molecule has 1 aromatic rings. The summed E-state index contributed by atoms with van der Waals surface area (Å²) in [5, 5.41) is 0. The Bertz CT molecular complexity index is 457. The van der Waals surface area contributed by atoms with Crippen LogP contribution in [0.1, 0.15) is 26.7 Å². The molecule has 1 saturated heterocycles. The molecule has 0 bridgehead atoms. The zero-order valence-corrected chi connectivity index (χ0v) is 13.8. The van der Waals surface area contributed by atoms with E-state index in [1.165, 1.54) is 0 Å². The summed E-state index contributed by atoms with van der Waals surface area (Å²) in [5.41, 5.74) is 5.77. The molecule has 2 rings (SSSR count). The molecule has 0 saturated carbocycles. The van der Waals surface area contributed by atoms with Crippen molar-refractivity contribution in [3.05, 3.63) is 30.3 Å². The molecule has 0 aliphatic carbocycles. The van der Waals surface area contributed by atoms with Crippen LogP contribution in [0.25, 0.3) is 0 Å². The molecule has 6 heteroatoms. The average molecular weight is 330 g/mol. The van der Waals surface area contributed by atoms with Crippen LogP contribution in [0.4, 0.5) is 0 Å². The van der Waals surface area contributed by atoms with Crippen LogP contribution in [0, 0.1) is 0 Å². The van der Waals surface area contributed by atoms with Gasteiger partial charge in [0.2, 0.25) is 0 Å². The Balaban J connectivity index is 0.00000242. The van der Waals surface area contributed by atoms with Gasteiger partial charge in [-0.2, -0.15) is 0 Å². The molecule has 1 aromatic carbocycles. The standard InChI is InChI=1S/C16H23NO4.ClH/c1-3-14-15(21-12-7-5-4-6-8-12)11(2)20-16(18)13(17)9-10-19-14;/h4-8,11,13-15H,3,9-10,17H2,1-2H3;1H/t11-,13-,14+,15-;/m0./s1. The highest BCUT2D eigenvalue weighted by molar-refractivity contribution is 5.85. The Kier molecular flexibility index (Phi) is 7.65. The molecule has 2 N–H and O–H groups in total. The fourth-order valence-electron chi connectivity index (χ4n) is 2.38. The first kappa shape index (κ1) is 18.7. The average Bonchev–Trinajstić information content (AvgIpc) is 2.54. The third kappa shape index (κ3) is 4.87. The number of carbonyl (C=O) groups is 1. The van der Waals surface area contributed by atoms with Crippen LogP contribution in [-0.2, 0) is 14.3 Å². The lowest BCUT2D eigenvalue weighted by atomic mass is 10.1. The summed E-state index contributed by atoms with van der Waals surface area (Å²) in [6.45, 7) is 4.27. The molecule has 4 atom stereocenters. The van der Waals surface area contributed by atoms with Crippen molar-refractivity contribution in [3.63, 3.8) is 0 Å². The third-order valence-electron chi connectivity index (χ3n) is 3.61. The van der Waals surface area contributed by atoms with Gasteiger partial charge in [0.1, 0.15) is 17.9 Å². The molecule has 0 unspecified atom stereocenters. The molecule has 1 heterocycles. The van der Waals surface area contributed by atoms with Gasteiger partial charge in [-0.05, 0) is 31.9 Å². The maximum Gasteiger partial charge on any atom is 0.323 e. The smallest absolute Gasteiger partial charge is 0.323 e. The highest BCUT2D eigenvalue weighted by atomic mass is 35.5. The highest BCUT2D eigenvalue weighted by Crippen LogP contribution is 2.21. The fourth-order valence-corrected chi connectivity index (χ4v) is 2.38. The number of carbonyl (C=O) groups excluding carboxylic acids is 1. The minimum Gasteiger partial charge on any atom is -0.484 e. The second kappa shape index (κ2) is 8.98. The Morgan fingerprint density at radius 2 is 2.00 bits per heavy atom. The Morgan fingerprint density at radius 3 is 2.64 bits per heavy atom. The number of nitrogens with two attached hydrogens (primary N) is 1. The van der Waals surface area contributed by atoms with Crippen LogP contribution in [-0.4, -0.2) is 36.9 Å². The predicted molar refractivity (Wildman–Crippen MR) is 86.3 cm³/mol. The zero-order valence-electron chi connectivity index (χ0n) is 12.9. The molecule has 1 aliphatic heterocycles. The van der Waals surface area contributed by atoms with Gasteiger partial charge in [0.05, 0.1) is 6.10 Å². The van der Waals surface area contributed by atoms with Crippen molar-refractivity contribution in [3.8, 4) is 5.75 Å². The molecule has 22 heavy (non-hydrogen) atoms. The lowest BCUT2D eigenvalue weighted by Gasteiger charge is -2.30. The van der Waals surface area contributed by atoms with Crippen LogP contribution in [0.5, 0.6) is 5.75 Å². The van der Waals surface area contributed by atoms with Crippen LogP contribution in [0.2, 0.25) is 0 Å². The molecule has 1 aliphatic rings. The third-order valence-corrected chi connectivity index (χ3v) is 3.61. The first-order chi connectivity index (χ1) is 10.1. The topological polar surface area (TPSA) is 70.8 Å². The van der Waals surface area contributed by atoms with Gasteiger partial charge in [-0.15, -0.1) is 12.4 Å². The van der Waals surface area contributed by atoms with Gasteiger partial charge < -0.3 is 19.9 Å². The molecule has 5 nitrogen and oxygen atoms in total. The summed E-state index contributed by atoms with van der Waals surface area (Å²) >= 11 is 0. The molecular weight excluding hydrogens is 306 g/mol. The van der Waals surface area contributed by atoms with Crippen molar-refractivity contribution in [2.24, 2.45) is 5.73 Å². The number of hydrogen-bond acceptors (Lipinski definition) is 5. The van der Waals surface area contributed by atoms with E-state index in [0.717, 1.165) is 12.2 Å². The number of cyclic esters (lactones) is 1. The molecular formula is C16H24ClNO4. The van der Waals surface area contributed by atoms with Crippen molar-refractivity contribution < 1.29 is 19.0 Å². The summed E-state index contributed by atoms with van der Waals surface area (Å²) in [7, 11) is 0. The monoisotopic (exact) mass is 329 g/mol. The number of rotatable bonds is 3. The highest BCUT2D eigenvalue weighted by Gasteiger charge is 2.34. The van der Waals surface area contributed by atoms with Crippen molar-refractivity contribution in [2.75, 3.05) is 6.61 Å². The van der Waals surface area contributed by atoms with E-state index in [9.17, 15) is 4.79 Å². The summed E-state index contributed by atoms with van der Waals surface area (Å²) in [4.78, 5) is 11.9. The van der Waals surface area contributed by atoms with Gasteiger partial charge in [-0.25, -0.2) is 0 Å². The molecule has 0 spiro atoms. The number of ether oxygens (including phenoxy) is 3. The van der Waals surface area contributed by atoms with Crippen LogP contribution >= 0.6 is 12.4 Å². The van der Waals surface area contributed by atoms with Crippen molar-refractivity contribution in [1.29, 1.82) is 0 Å². The summed E-state index contributed by atoms with van der Waals surface area (Å²) in [6.07, 6.45) is 0.311. The number of benzene rings is 1. The van der Waals surface area contributed by atoms with E-state index in [0.29, 0.717) is 13.0 Å². The largest absolute Gasteiger partial charge is 0.484 e. The predicted octanol–water partition coefficient (Wildman–Crippen LogP) is 2.31. The Morgan fingerprint density at radius 1 is 1.32 bits per heavy atom. The van der Waals surface area contributed by atoms with E-state index in [2.05, 4.69) is 0 Å². The first-order valence-corrected chi connectivity index (χ1v) is 7.41. The van der Waals surface area contributed by atoms with Gasteiger partial charge >= 0.3 is 5.97 Å². The summed E-state index contributed by atoms with van der Waals surface area (Å²) in [5.74, 6) is 0.334. The Labute approximate surface area is 137 Å². The van der Waals surface area contributed by atoms with Gasteiger partial charge in [0, 0.05) is 6.61 Å². The summed E-state index contributed by atoms with van der Waals surface area (Å²) in [6, 6.07) is 8.84. The number of para-hydroxylation sites is 1. The van der Waals surface area contributed by atoms with Crippen LogP contribution < -0.4 is 10.5 Å². The molecule has 0 amide bonds. The molecule has 1 fully saturated rings. The maximum absolute atomic E-state index is 11.9. The summed E-state index contributed by atoms with van der Waals surface area (Å²) < 4.78 is 17.3. The molecule has 0 radical (unpaired) electrons. The second-order valence-corrected chi connectivity index (χ2v) is 5.25. The Hall–Kier alpha value is -1.30. The van der Waals surface area contributed by atoms with Gasteiger partial charge in [0.25, 0.3) is 0 Å². The van der Waals surface area contributed by atoms with Crippen LogP contribution in [0.3, 0.4) is 0 Å². The normalized spacial score (nSPS) is 29.3. The SMILES string of the molecule is CC[C@H]1OCC[C@H](N)C(=O)O[C@@H](C)[C@@H]1Oc1ccccc1.Cl. The number of esters is 1. The maximum atomic E-state index is 11.9. The van der Waals surface area contributed by atoms with Crippen molar-refractivity contribution >= 4 is 18.4 Å². The zero-order chi connectivity index (χ0) is 15.2. The van der Waals surface area contributed by atoms with E-state index in [1.54, 1.807) is 0 Å².